The van der Waals surface area contributed by atoms with Crippen molar-refractivity contribution < 1.29 is 8.42 Å². The molecule has 0 aliphatic rings. The van der Waals surface area contributed by atoms with Crippen LogP contribution in [0.5, 0.6) is 0 Å². The molecule has 0 saturated carbocycles. The van der Waals surface area contributed by atoms with Crippen LogP contribution in [0.2, 0.25) is 10.0 Å². The van der Waals surface area contributed by atoms with Gasteiger partial charge in [-0.3, -0.25) is 0 Å². The van der Waals surface area contributed by atoms with Crippen LogP contribution in [0.3, 0.4) is 0 Å². The van der Waals surface area contributed by atoms with Crippen LogP contribution in [-0.4, -0.2) is 14.3 Å². The molecule has 0 aliphatic carbocycles. The van der Waals surface area contributed by atoms with Crippen LogP contribution in [-0.2, 0) is 10.0 Å². The van der Waals surface area contributed by atoms with Gasteiger partial charge in [0.1, 0.15) is 5.84 Å². The Bertz CT molecular complexity index is 832. The number of rotatable bonds is 4. The Labute approximate surface area is 138 Å². The largest absolute Gasteiger partial charge is 0.383 e. The fourth-order valence-electron chi connectivity index (χ4n) is 1.63. The molecule has 2 N–H and O–H groups in total. The van der Waals surface area contributed by atoms with E-state index in [0.717, 1.165) is 5.41 Å². The number of sulfonamides is 1. The molecule has 4 nitrogen and oxygen atoms in total. The van der Waals surface area contributed by atoms with E-state index in [4.69, 9.17) is 28.9 Å². The maximum atomic E-state index is 12.0. The highest BCUT2D eigenvalue weighted by Crippen LogP contribution is 2.22. The van der Waals surface area contributed by atoms with Crippen LogP contribution >= 0.6 is 23.2 Å². The lowest BCUT2D eigenvalue weighted by atomic mass is 10.2. The van der Waals surface area contributed by atoms with E-state index in [-0.39, 0.29) is 5.84 Å². The summed E-state index contributed by atoms with van der Waals surface area (Å²) in [6.45, 7) is 0. The summed E-state index contributed by atoms with van der Waals surface area (Å²) in [5.74, 6) is -0.0811. The van der Waals surface area contributed by atoms with Crippen LogP contribution in [0.25, 0.3) is 6.08 Å². The molecule has 0 heterocycles. The number of nitrogens with two attached hydrogens (primary N) is 1. The van der Waals surface area contributed by atoms with Crippen LogP contribution in [0.15, 0.2) is 58.3 Å². The van der Waals surface area contributed by atoms with E-state index in [1.165, 1.54) is 6.08 Å². The fraction of sp³-hybridized carbons (Fsp3) is 0. The van der Waals surface area contributed by atoms with Crippen molar-refractivity contribution in [3.8, 4) is 0 Å². The highest BCUT2D eigenvalue weighted by atomic mass is 35.5. The molecule has 0 radical (unpaired) electrons. The van der Waals surface area contributed by atoms with Crippen molar-refractivity contribution >= 4 is 45.1 Å². The van der Waals surface area contributed by atoms with E-state index in [2.05, 4.69) is 4.40 Å². The van der Waals surface area contributed by atoms with E-state index in [1.54, 1.807) is 48.5 Å². The molecule has 0 atom stereocenters. The Morgan fingerprint density at radius 3 is 2.45 bits per heavy atom. The van der Waals surface area contributed by atoms with E-state index in [1.807, 2.05) is 0 Å². The number of hydrogen-bond acceptors (Lipinski definition) is 2. The summed E-state index contributed by atoms with van der Waals surface area (Å²) in [6, 6.07) is 13.4. The Balaban J connectivity index is 2.28. The number of nitrogens with zero attached hydrogens (tertiary/aromatic N) is 1. The molecule has 114 valence electrons. The number of amidine groups is 1. The van der Waals surface area contributed by atoms with Gasteiger partial charge >= 0.3 is 0 Å². The standard InChI is InChI=1S/C15H12Cl2N2O2S/c16-13-6-7-14(17)12(10-13)8-9-22(20,21)19-15(18)11-4-2-1-3-5-11/h1-10H,(H2,18,19)/b9-8+. The van der Waals surface area contributed by atoms with Crippen molar-refractivity contribution in [1.82, 2.24) is 0 Å². The summed E-state index contributed by atoms with van der Waals surface area (Å²) in [4.78, 5) is 0. The summed E-state index contributed by atoms with van der Waals surface area (Å²) in [7, 11) is -3.88. The second-order valence-electron chi connectivity index (χ2n) is 4.33. The van der Waals surface area contributed by atoms with Crippen molar-refractivity contribution in [2.45, 2.75) is 0 Å². The molecule has 2 aromatic rings. The van der Waals surface area contributed by atoms with Gasteiger partial charge in [-0.15, -0.1) is 4.40 Å². The van der Waals surface area contributed by atoms with Gasteiger partial charge in [0.05, 0.1) is 5.41 Å². The predicted molar refractivity (Wildman–Crippen MR) is 91.6 cm³/mol. The zero-order valence-corrected chi connectivity index (χ0v) is 13.6. The number of benzene rings is 2. The fourth-order valence-corrected chi connectivity index (χ4v) is 2.75. The summed E-state index contributed by atoms with van der Waals surface area (Å²) >= 11 is 11.8. The Kier molecular flexibility index (Phi) is 5.24. The lowest BCUT2D eigenvalue weighted by molar-refractivity contribution is 0.606. The zero-order chi connectivity index (χ0) is 16.2. The minimum absolute atomic E-state index is 0.0811. The molecule has 2 rings (SSSR count). The maximum absolute atomic E-state index is 12.0. The minimum atomic E-state index is -3.88. The number of halogens is 2. The summed E-state index contributed by atoms with van der Waals surface area (Å²) < 4.78 is 27.5. The van der Waals surface area contributed by atoms with E-state index in [9.17, 15) is 8.42 Å². The van der Waals surface area contributed by atoms with Gasteiger partial charge in [0.2, 0.25) is 0 Å². The van der Waals surface area contributed by atoms with Crippen molar-refractivity contribution in [2.75, 3.05) is 0 Å². The van der Waals surface area contributed by atoms with Crippen LogP contribution in [0, 0.1) is 0 Å². The molecule has 0 spiro atoms. The summed E-state index contributed by atoms with van der Waals surface area (Å²) in [5.41, 5.74) is 6.70. The first-order valence-corrected chi connectivity index (χ1v) is 8.42. The third-order valence-corrected chi connectivity index (χ3v) is 4.18. The van der Waals surface area contributed by atoms with Crippen LogP contribution < -0.4 is 5.73 Å². The van der Waals surface area contributed by atoms with Gasteiger partial charge in [0, 0.05) is 15.6 Å². The molecule has 0 aromatic heterocycles. The van der Waals surface area contributed by atoms with Gasteiger partial charge in [-0.25, -0.2) is 0 Å². The van der Waals surface area contributed by atoms with E-state index in [0.29, 0.717) is 21.2 Å². The highest BCUT2D eigenvalue weighted by Gasteiger charge is 2.07. The molecule has 0 saturated heterocycles. The average Bonchev–Trinajstić information content (AvgIpc) is 2.49. The van der Waals surface area contributed by atoms with Gasteiger partial charge in [0.25, 0.3) is 10.0 Å². The number of hydrogen-bond donors (Lipinski definition) is 1. The topological polar surface area (TPSA) is 72.5 Å². The third kappa shape index (κ3) is 4.59. The molecule has 0 fully saturated rings. The quantitative estimate of drug-likeness (QED) is 0.671. The highest BCUT2D eigenvalue weighted by molar-refractivity contribution is 7.93. The maximum Gasteiger partial charge on any atom is 0.277 e. The monoisotopic (exact) mass is 354 g/mol. The zero-order valence-electron chi connectivity index (χ0n) is 11.3. The molecule has 22 heavy (non-hydrogen) atoms. The van der Waals surface area contributed by atoms with E-state index < -0.39 is 10.0 Å². The van der Waals surface area contributed by atoms with Crippen LogP contribution in [0.4, 0.5) is 0 Å². The lowest BCUT2D eigenvalue weighted by Gasteiger charge is -2.00. The Morgan fingerprint density at radius 1 is 1.09 bits per heavy atom. The molecule has 7 heteroatoms. The second-order valence-corrected chi connectivity index (χ2v) is 6.65. The van der Waals surface area contributed by atoms with Crippen molar-refractivity contribution in [1.29, 1.82) is 0 Å². The van der Waals surface area contributed by atoms with Crippen molar-refractivity contribution in [3.05, 3.63) is 75.1 Å². The minimum Gasteiger partial charge on any atom is -0.383 e. The smallest absolute Gasteiger partial charge is 0.277 e. The van der Waals surface area contributed by atoms with Crippen LogP contribution in [0.1, 0.15) is 11.1 Å². The van der Waals surface area contributed by atoms with Gasteiger partial charge in [-0.2, -0.15) is 8.42 Å². The molecule has 0 bridgehead atoms. The van der Waals surface area contributed by atoms with E-state index >= 15 is 0 Å². The second kappa shape index (κ2) is 6.96. The molecule has 0 amide bonds. The molecule has 0 unspecified atom stereocenters. The first kappa shape index (κ1) is 16.5. The molecular weight excluding hydrogens is 343 g/mol. The normalized spacial score (nSPS) is 12.7. The first-order chi connectivity index (χ1) is 10.4. The van der Waals surface area contributed by atoms with Gasteiger partial charge in [0.15, 0.2) is 0 Å². The van der Waals surface area contributed by atoms with Gasteiger partial charge in [-0.05, 0) is 29.8 Å². The third-order valence-electron chi connectivity index (χ3n) is 2.67. The Morgan fingerprint density at radius 2 is 1.77 bits per heavy atom. The SMILES string of the molecule is N/C(=N/S(=O)(=O)/C=C/c1cc(Cl)ccc1Cl)c1ccccc1. The Hall–Kier alpha value is -1.82. The van der Waals surface area contributed by atoms with Crippen molar-refractivity contribution in [3.63, 3.8) is 0 Å². The summed E-state index contributed by atoms with van der Waals surface area (Å²) in [6.07, 6.45) is 1.32. The molecular formula is C15H12Cl2N2O2S. The molecule has 2 aromatic carbocycles. The van der Waals surface area contributed by atoms with Gasteiger partial charge in [-0.1, -0.05) is 53.5 Å². The average molecular weight is 355 g/mol. The van der Waals surface area contributed by atoms with Gasteiger partial charge < -0.3 is 5.73 Å². The summed E-state index contributed by atoms with van der Waals surface area (Å²) in [5, 5.41) is 1.77. The van der Waals surface area contributed by atoms with Crippen molar-refractivity contribution in [2.24, 2.45) is 10.1 Å². The first-order valence-electron chi connectivity index (χ1n) is 6.16. The predicted octanol–water partition coefficient (Wildman–Crippen LogP) is 3.70. The lowest BCUT2D eigenvalue weighted by Crippen LogP contribution is -2.15. The molecule has 0 aliphatic heterocycles.